The van der Waals surface area contributed by atoms with Crippen LogP contribution < -0.4 is 0 Å². The Bertz CT molecular complexity index is 790. The van der Waals surface area contributed by atoms with E-state index in [4.69, 9.17) is 5.10 Å². The van der Waals surface area contributed by atoms with Crippen LogP contribution in [-0.4, -0.2) is 37.8 Å². The molecule has 1 fully saturated rings. The fourth-order valence-electron chi connectivity index (χ4n) is 2.81. The summed E-state index contributed by atoms with van der Waals surface area (Å²) in [4.78, 5) is 3.31. The Hall–Kier alpha value is -1.31. The maximum atomic E-state index is 4.71. The second kappa shape index (κ2) is 6.06. The lowest BCUT2D eigenvalue weighted by atomic mass is 10.1. The minimum absolute atomic E-state index is 0.836. The molecule has 0 bridgehead atoms. The zero-order chi connectivity index (χ0) is 14.9. The smallest absolute Gasteiger partial charge is 0.235 e. The maximum absolute atomic E-state index is 4.71. The third-order valence-corrected chi connectivity index (χ3v) is 5.38. The molecule has 22 heavy (non-hydrogen) atoms. The van der Waals surface area contributed by atoms with E-state index in [1.807, 2.05) is 16.6 Å². The van der Waals surface area contributed by atoms with Crippen LogP contribution in [0.15, 0.2) is 28.7 Å². The molecule has 0 aliphatic carbocycles. The number of hydrogen-bond donors (Lipinski definition) is 0. The number of hydrogen-bond acceptors (Lipinski definition) is 5. The summed E-state index contributed by atoms with van der Waals surface area (Å²) in [5, 5.41) is 14.3. The van der Waals surface area contributed by atoms with Crippen molar-refractivity contribution in [1.82, 2.24) is 24.7 Å². The van der Waals surface area contributed by atoms with Gasteiger partial charge in [0.25, 0.3) is 0 Å². The van der Waals surface area contributed by atoms with Crippen LogP contribution in [0.25, 0.3) is 15.5 Å². The van der Waals surface area contributed by atoms with E-state index >= 15 is 0 Å². The predicted octanol–water partition coefficient (Wildman–Crippen LogP) is 3.60. The lowest BCUT2D eigenvalue weighted by Gasteiger charge is -2.25. The van der Waals surface area contributed by atoms with Gasteiger partial charge in [0.1, 0.15) is 5.01 Å². The highest BCUT2D eigenvalue weighted by Crippen LogP contribution is 2.27. The van der Waals surface area contributed by atoms with E-state index in [1.165, 1.54) is 19.3 Å². The Labute approximate surface area is 141 Å². The number of benzene rings is 1. The third kappa shape index (κ3) is 2.80. The zero-order valence-corrected chi connectivity index (χ0v) is 14.5. The molecule has 1 aliphatic rings. The Morgan fingerprint density at radius 2 is 2.00 bits per heavy atom. The van der Waals surface area contributed by atoms with Crippen LogP contribution in [0.2, 0.25) is 0 Å². The summed E-state index contributed by atoms with van der Waals surface area (Å²) in [6, 6.07) is 8.19. The molecule has 0 unspecified atom stereocenters. The van der Waals surface area contributed by atoms with Gasteiger partial charge >= 0.3 is 0 Å². The van der Waals surface area contributed by atoms with E-state index in [0.717, 1.165) is 45.5 Å². The standard InChI is InChI=1S/C15H16BrN5S/c16-12-6-4-5-11(9-12)14-19-21-13(17-18-15(21)22-14)10-20-7-2-1-3-8-20/h4-6,9H,1-3,7-8,10H2. The molecule has 1 aromatic carbocycles. The minimum Gasteiger partial charge on any atom is -0.296 e. The van der Waals surface area contributed by atoms with Crippen LogP contribution in [0.3, 0.4) is 0 Å². The number of aromatic nitrogens is 4. The zero-order valence-electron chi connectivity index (χ0n) is 12.1. The van der Waals surface area contributed by atoms with Crippen molar-refractivity contribution in [3.8, 4) is 10.6 Å². The van der Waals surface area contributed by atoms with Gasteiger partial charge in [-0.2, -0.15) is 9.61 Å². The van der Waals surface area contributed by atoms with Gasteiger partial charge in [-0.25, -0.2) is 0 Å². The maximum Gasteiger partial charge on any atom is 0.235 e. The summed E-state index contributed by atoms with van der Waals surface area (Å²) in [6.07, 6.45) is 3.90. The van der Waals surface area contributed by atoms with Crippen LogP contribution in [0, 0.1) is 0 Å². The quantitative estimate of drug-likeness (QED) is 0.699. The molecular weight excluding hydrogens is 362 g/mol. The van der Waals surface area contributed by atoms with Gasteiger partial charge in [-0.15, -0.1) is 10.2 Å². The summed E-state index contributed by atoms with van der Waals surface area (Å²) >= 11 is 5.09. The molecule has 3 heterocycles. The second-order valence-corrected chi connectivity index (χ2v) is 7.44. The summed E-state index contributed by atoms with van der Waals surface area (Å²) in [6.45, 7) is 3.14. The van der Waals surface area contributed by atoms with Gasteiger partial charge in [0.15, 0.2) is 5.82 Å². The lowest BCUT2D eigenvalue weighted by molar-refractivity contribution is 0.214. The van der Waals surface area contributed by atoms with Gasteiger partial charge in [-0.1, -0.05) is 45.8 Å². The number of rotatable bonds is 3. The molecule has 2 aromatic heterocycles. The van der Waals surface area contributed by atoms with Crippen molar-refractivity contribution in [2.75, 3.05) is 13.1 Å². The van der Waals surface area contributed by atoms with Crippen molar-refractivity contribution in [3.63, 3.8) is 0 Å². The van der Waals surface area contributed by atoms with Gasteiger partial charge in [-0.3, -0.25) is 4.90 Å². The monoisotopic (exact) mass is 377 g/mol. The first-order chi connectivity index (χ1) is 10.8. The largest absolute Gasteiger partial charge is 0.296 e. The first-order valence-electron chi connectivity index (χ1n) is 7.49. The predicted molar refractivity (Wildman–Crippen MR) is 90.9 cm³/mol. The molecular formula is C15H16BrN5S. The average molecular weight is 378 g/mol. The number of fused-ring (bicyclic) bond motifs is 1. The molecule has 0 amide bonds. The summed E-state index contributed by atoms with van der Waals surface area (Å²) in [5.74, 6) is 0.939. The molecule has 0 atom stereocenters. The van der Waals surface area contributed by atoms with Crippen LogP contribution >= 0.6 is 27.3 Å². The van der Waals surface area contributed by atoms with Crippen molar-refractivity contribution in [3.05, 3.63) is 34.6 Å². The first-order valence-corrected chi connectivity index (χ1v) is 9.10. The molecule has 0 spiro atoms. The van der Waals surface area contributed by atoms with Gasteiger partial charge < -0.3 is 0 Å². The van der Waals surface area contributed by atoms with E-state index in [0.29, 0.717) is 0 Å². The van der Waals surface area contributed by atoms with Crippen molar-refractivity contribution >= 4 is 32.2 Å². The third-order valence-electron chi connectivity index (χ3n) is 3.94. The molecule has 0 N–H and O–H groups in total. The highest BCUT2D eigenvalue weighted by Gasteiger charge is 2.17. The van der Waals surface area contributed by atoms with Crippen molar-refractivity contribution in [2.45, 2.75) is 25.8 Å². The summed E-state index contributed by atoms with van der Waals surface area (Å²) < 4.78 is 2.96. The van der Waals surface area contributed by atoms with E-state index in [9.17, 15) is 0 Å². The van der Waals surface area contributed by atoms with Crippen molar-refractivity contribution in [2.24, 2.45) is 0 Å². The average Bonchev–Trinajstić information content (AvgIpc) is 3.11. The van der Waals surface area contributed by atoms with Crippen LogP contribution in [0.4, 0.5) is 0 Å². The summed E-state index contributed by atoms with van der Waals surface area (Å²) in [7, 11) is 0. The Balaban J connectivity index is 1.64. The van der Waals surface area contributed by atoms with Crippen LogP contribution in [0.5, 0.6) is 0 Å². The highest BCUT2D eigenvalue weighted by atomic mass is 79.9. The molecule has 4 rings (SSSR count). The van der Waals surface area contributed by atoms with Crippen LogP contribution in [0.1, 0.15) is 25.1 Å². The fraction of sp³-hybridized carbons (Fsp3) is 0.400. The highest BCUT2D eigenvalue weighted by molar-refractivity contribution is 9.10. The first kappa shape index (κ1) is 14.3. The number of halogens is 1. The Morgan fingerprint density at radius 1 is 1.14 bits per heavy atom. The van der Waals surface area contributed by atoms with Gasteiger partial charge in [0, 0.05) is 10.0 Å². The SMILES string of the molecule is Brc1cccc(-c2nn3c(CN4CCCCC4)nnc3s2)c1. The van der Waals surface area contributed by atoms with E-state index in [2.05, 4.69) is 43.2 Å². The van der Waals surface area contributed by atoms with E-state index < -0.39 is 0 Å². The molecule has 114 valence electrons. The van der Waals surface area contributed by atoms with Crippen LogP contribution in [-0.2, 0) is 6.54 Å². The Kier molecular flexibility index (Phi) is 3.94. The second-order valence-electron chi connectivity index (χ2n) is 5.56. The number of likely N-dealkylation sites (tertiary alicyclic amines) is 1. The lowest BCUT2D eigenvalue weighted by Crippen LogP contribution is -2.30. The molecule has 3 aromatic rings. The van der Waals surface area contributed by atoms with Gasteiger partial charge in [0.05, 0.1) is 6.54 Å². The molecule has 1 saturated heterocycles. The van der Waals surface area contributed by atoms with Crippen molar-refractivity contribution < 1.29 is 0 Å². The van der Waals surface area contributed by atoms with E-state index in [1.54, 1.807) is 11.3 Å². The van der Waals surface area contributed by atoms with E-state index in [-0.39, 0.29) is 0 Å². The molecule has 7 heteroatoms. The molecule has 1 aliphatic heterocycles. The number of piperidine rings is 1. The molecule has 0 saturated carbocycles. The van der Waals surface area contributed by atoms with Gasteiger partial charge in [-0.05, 0) is 38.1 Å². The molecule has 5 nitrogen and oxygen atoms in total. The topological polar surface area (TPSA) is 46.3 Å². The normalized spacial score (nSPS) is 16.4. The van der Waals surface area contributed by atoms with Gasteiger partial charge in [0.2, 0.25) is 4.96 Å². The number of nitrogens with zero attached hydrogens (tertiary/aromatic N) is 5. The minimum atomic E-state index is 0.836. The fourth-order valence-corrected chi connectivity index (χ4v) is 4.07. The Morgan fingerprint density at radius 3 is 2.82 bits per heavy atom. The van der Waals surface area contributed by atoms with Crippen molar-refractivity contribution in [1.29, 1.82) is 0 Å². The summed E-state index contributed by atoms with van der Waals surface area (Å²) in [5.41, 5.74) is 1.11. The molecule has 0 radical (unpaired) electrons.